The SMILES string of the molecule is CC(C)(C)N(CC1CCC(C(=O)Nc2ccc3cc(CC[N+](=N)[O-])ccc3c2)CC1)C(=O)O. The van der Waals surface area contributed by atoms with E-state index < -0.39 is 11.6 Å². The van der Waals surface area contributed by atoms with Crippen molar-refractivity contribution in [1.82, 2.24) is 4.90 Å². The van der Waals surface area contributed by atoms with E-state index in [0.29, 0.717) is 13.0 Å². The average molecular weight is 455 g/mol. The van der Waals surface area contributed by atoms with Gasteiger partial charge in [0.05, 0.1) is 0 Å². The number of anilines is 1. The highest BCUT2D eigenvalue weighted by atomic mass is 16.5. The van der Waals surface area contributed by atoms with Crippen molar-refractivity contribution in [3.05, 3.63) is 47.2 Å². The summed E-state index contributed by atoms with van der Waals surface area (Å²) in [6.45, 7) is 6.35. The van der Waals surface area contributed by atoms with Gasteiger partial charge in [0.2, 0.25) is 5.91 Å². The molecule has 2 aromatic carbocycles. The monoisotopic (exact) mass is 454 g/mol. The minimum absolute atomic E-state index is 0.0151. The van der Waals surface area contributed by atoms with Crippen LogP contribution in [0.15, 0.2) is 36.4 Å². The number of hydrogen-bond donors (Lipinski definition) is 3. The first kappa shape index (κ1) is 24.5. The van der Waals surface area contributed by atoms with Crippen LogP contribution in [0.3, 0.4) is 0 Å². The van der Waals surface area contributed by atoms with Gasteiger partial charge in [0.15, 0.2) is 6.54 Å². The lowest BCUT2D eigenvalue weighted by Crippen LogP contribution is -2.47. The maximum Gasteiger partial charge on any atom is 0.407 e. The second-order valence-corrected chi connectivity index (χ2v) is 10.0. The molecule has 33 heavy (non-hydrogen) atoms. The van der Waals surface area contributed by atoms with Crippen molar-refractivity contribution in [2.45, 2.75) is 58.4 Å². The van der Waals surface area contributed by atoms with Crippen LogP contribution >= 0.6 is 0 Å². The molecule has 0 heterocycles. The third-order valence-electron chi connectivity index (χ3n) is 6.47. The number of benzene rings is 2. The maximum atomic E-state index is 12.8. The molecule has 3 N–H and O–H groups in total. The molecule has 0 spiro atoms. The Morgan fingerprint density at radius 1 is 1.12 bits per heavy atom. The second kappa shape index (κ2) is 10.2. The Bertz CT molecular complexity index is 1020. The largest absolute Gasteiger partial charge is 0.600 e. The Labute approximate surface area is 194 Å². The highest BCUT2D eigenvalue weighted by molar-refractivity contribution is 5.95. The van der Waals surface area contributed by atoms with Crippen LogP contribution in [0.5, 0.6) is 0 Å². The van der Waals surface area contributed by atoms with Gasteiger partial charge in [0.1, 0.15) is 0 Å². The third kappa shape index (κ3) is 6.66. The highest BCUT2D eigenvalue weighted by Crippen LogP contribution is 2.32. The quantitative estimate of drug-likeness (QED) is 0.293. The van der Waals surface area contributed by atoms with E-state index in [4.69, 9.17) is 5.53 Å². The van der Waals surface area contributed by atoms with Crippen LogP contribution < -0.4 is 5.32 Å². The number of nitrogens with one attached hydrogen (secondary N) is 2. The van der Waals surface area contributed by atoms with Crippen molar-refractivity contribution >= 4 is 28.5 Å². The molecule has 1 saturated carbocycles. The van der Waals surface area contributed by atoms with Crippen LogP contribution in [-0.2, 0) is 11.2 Å². The molecular weight excluding hydrogens is 420 g/mol. The van der Waals surface area contributed by atoms with Crippen molar-refractivity contribution in [1.29, 1.82) is 5.53 Å². The van der Waals surface area contributed by atoms with Crippen LogP contribution in [0.1, 0.15) is 52.0 Å². The summed E-state index contributed by atoms with van der Waals surface area (Å²) in [7, 11) is 0. The zero-order valence-electron chi connectivity index (χ0n) is 19.6. The predicted octanol–water partition coefficient (Wildman–Crippen LogP) is 5.45. The van der Waals surface area contributed by atoms with Crippen molar-refractivity contribution in [2.24, 2.45) is 11.8 Å². The summed E-state index contributed by atoms with van der Waals surface area (Å²) in [4.78, 5) is 26.1. The Morgan fingerprint density at radius 2 is 1.76 bits per heavy atom. The molecule has 178 valence electrons. The molecule has 1 aliphatic carbocycles. The van der Waals surface area contributed by atoms with Gasteiger partial charge in [-0.2, -0.15) is 0 Å². The summed E-state index contributed by atoms with van der Waals surface area (Å²) in [5.74, 6) is 0.233. The van der Waals surface area contributed by atoms with Crippen LogP contribution in [0.2, 0.25) is 0 Å². The summed E-state index contributed by atoms with van der Waals surface area (Å²) < 4.78 is 0. The Kier molecular flexibility index (Phi) is 7.56. The molecule has 0 unspecified atom stereocenters. The minimum Gasteiger partial charge on any atom is -0.600 e. The van der Waals surface area contributed by atoms with Crippen molar-refractivity contribution in [3.63, 3.8) is 0 Å². The number of hydrogen-bond acceptors (Lipinski definition) is 4. The van der Waals surface area contributed by atoms with E-state index in [1.54, 1.807) is 0 Å². The number of carboxylic acid groups (broad SMARTS) is 1. The number of amides is 2. The van der Waals surface area contributed by atoms with Gasteiger partial charge in [-0.1, -0.05) is 29.1 Å². The second-order valence-electron chi connectivity index (χ2n) is 10.0. The van der Waals surface area contributed by atoms with Gasteiger partial charge in [-0.05, 0) is 86.4 Å². The molecule has 8 nitrogen and oxygen atoms in total. The van der Waals surface area contributed by atoms with E-state index >= 15 is 0 Å². The summed E-state index contributed by atoms with van der Waals surface area (Å²) >= 11 is 0. The minimum atomic E-state index is -0.894. The number of fused-ring (bicyclic) bond motifs is 1. The van der Waals surface area contributed by atoms with Gasteiger partial charge in [0, 0.05) is 30.1 Å². The summed E-state index contributed by atoms with van der Waals surface area (Å²) in [5.41, 5.74) is 8.28. The van der Waals surface area contributed by atoms with E-state index in [2.05, 4.69) is 5.32 Å². The molecular formula is C25H34N4O4. The summed E-state index contributed by atoms with van der Waals surface area (Å²) in [5, 5.41) is 25.4. The lowest BCUT2D eigenvalue weighted by molar-refractivity contribution is -0.551. The van der Waals surface area contributed by atoms with E-state index in [0.717, 1.165) is 47.7 Å². The fourth-order valence-electron chi connectivity index (χ4n) is 4.51. The van der Waals surface area contributed by atoms with Gasteiger partial charge < -0.3 is 20.5 Å². The third-order valence-corrected chi connectivity index (χ3v) is 6.47. The molecule has 1 aliphatic rings. The highest BCUT2D eigenvalue weighted by Gasteiger charge is 2.32. The van der Waals surface area contributed by atoms with Crippen LogP contribution in [-0.4, -0.2) is 45.5 Å². The first-order chi connectivity index (χ1) is 15.5. The fourth-order valence-corrected chi connectivity index (χ4v) is 4.51. The van der Waals surface area contributed by atoms with E-state index in [1.807, 2.05) is 57.2 Å². The summed E-state index contributed by atoms with van der Waals surface area (Å²) in [6, 6.07) is 11.7. The number of carbonyl (C=O) groups excluding carboxylic acids is 1. The number of carbonyl (C=O) groups is 2. The van der Waals surface area contributed by atoms with Crippen LogP contribution in [0.4, 0.5) is 10.5 Å². The fraction of sp³-hybridized carbons (Fsp3) is 0.520. The molecule has 0 aromatic heterocycles. The first-order valence-corrected chi connectivity index (χ1v) is 11.5. The van der Waals surface area contributed by atoms with E-state index in [-0.39, 0.29) is 29.1 Å². The molecule has 8 heteroatoms. The molecule has 0 bridgehead atoms. The van der Waals surface area contributed by atoms with Crippen molar-refractivity contribution < 1.29 is 19.6 Å². The van der Waals surface area contributed by atoms with Crippen molar-refractivity contribution in [3.8, 4) is 0 Å². The standard InChI is InChI=1S/C25H34N4O4/c1-25(2,3)28(24(31)32)16-18-5-7-19(8-6-18)23(30)27-22-11-10-20-14-17(12-13-29(26)33)4-9-21(20)15-22/h4,9-11,14-15,18-19,26H,5-8,12-13,16H2,1-3H3,(H,27,30)(H,31,32). The van der Waals surface area contributed by atoms with Crippen LogP contribution in [0.25, 0.3) is 10.8 Å². The predicted molar refractivity (Wildman–Crippen MR) is 127 cm³/mol. The van der Waals surface area contributed by atoms with E-state index in [9.17, 15) is 19.9 Å². The number of rotatable bonds is 7. The zero-order chi connectivity index (χ0) is 24.2. The molecule has 2 amide bonds. The molecule has 0 atom stereocenters. The van der Waals surface area contributed by atoms with Gasteiger partial charge in [-0.25, -0.2) is 4.79 Å². The normalized spacial score (nSPS) is 18.6. The zero-order valence-corrected chi connectivity index (χ0v) is 19.6. The molecule has 0 aliphatic heterocycles. The van der Waals surface area contributed by atoms with Crippen molar-refractivity contribution in [2.75, 3.05) is 18.4 Å². The molecule has 1 fully saturated rings. The smallest absolute Gasteiger partial charge is 0.407 e. The van der Waals surface area contributed by atoms with Crippen LogP contribution in [0, 0.1) is 22.6 Å². The van der Waals surface area contributed by atoms with Gasteiger partial charge in [-0.3, -0.25) is 4.79 Å². The lowest BCUT2D eigenvalue weighted by Gasteiger charge is -2.38. The van der Waals surface area contributed by atoms with Gasteiger partial charge in [-0.15, -0.1) is 0 Å². The molecule has 0 radical (unpaired) electrons. The first-order valence-electron chi connectivity index (χ1n) is 11.5. The number of hydroxylamine groups is 1. The van der Waals surface area contributed by atoms with Gasteiger partial charge >= 0.3 is 6.09 Å². The van der Waals surface area contributed by atoms with Gasteiger partial charge in [0.25, 0.3) is 0 Å². The topological polar surface area (TPSA) is 120 Å². The Hall–Kier alpha value is -3.16. The molecule has 2 aromatic rings. The summed E-state index contributed by atoms with van der Waals surface area (Å²) in [6.07, 6.45) is 2.84. The Morgan fingerprint density at radius 3 is 2.36 bits per heavy atom. The van der Waals surface area contributed by atoms with E-state index in [1.165, 1.54) is 4.90 Å². The average Bonchev–Trinajstić information content (AvgIpc) is 2.75. The number of nitrogens with zero attached hydrogens (tertiary/aromatic N) is 2. The molecule has 0 saturated heterocycles. The Balaban J connectivity index is 1.55. The maximum absolute atomic E-state index is 12.8. The lowest BCUT2D eigenvalue weighted by atomic mass is 9.81. The molecule has 3 rings (SSSR count).